The van der Waals surface area contributed by atoms with Crippen molar-refractivity contribution in [1.29, 1.82) is 5.41 Å². The number of nitrogens with zero attached hydrogens (tertiary/aromatic N) is 3. The van der Waals surface area contributed by atoms with E-state index in [9.17, 15) is 24.9 Å². The van der Waals surface area contributed by atoms with E-state index in [0.717, 1.165) is 0 Å². The first-order valence-electron chi connectivity index (χ1n) is 9.37. The lowest BCUT2D eigenvalue weighted by Gasteiger charge is -2.47. The Morgan fingerprint density at radius 2 is 2.10 bits per heavy atom. The molecule has 12 heteroatoms. The lowest BCUT2D eigenvalue weighted by atomic mass is 9.93. The number of aliphatic hydroxyl groups excluding tert-OH is 2. The number of hydroxylamine groups is 2. The third-order valence-electron chi connectivity index (χ3n) is 5.50. The van der Waals surface area contributed by atoms with Crippen molar-refractivity contribution in [3.63, 3.8) is 0 Å². The summed E-state index contributed by atoms with van der Waals surface area (Å²) >= 11 is 1.39. The SMILES string of the molecule is C[C@@H](O)[C@H]1ON2C(C(=O)O)=C(SC3CN(C(=N)CCN(C)C(N)=O)C3)[C@@H](CO)[C@@H]12. The van der Waals surface area contributed by atoms with Gasteiger partial charge in [-0.1, -0.05) is 0 Å². The predicted octanol–water partition coefficient (Wildman–Crippen LogP) is -0.935. The quantitative estimate of drug-likeness (QED) is 0.242. The first-order chi connectivity index (χ1) is 13.6. The Labute approximate surface area is 172 Å². The van der Waals surface area contributed by atoms with E-state index in [2.05, 4.69) is 0 Å². The van der Waals surface area contributed by atoms with Crippen LogP contribution in [-0.2, 0) is 9.63 Å². The van der Waals surface area contributed by atoms with E-state index in [0.29, 0.717) is 36.8 Å². The maximum Gasteiger partial charge on any atom is 0.355 e. The average molecular weight is 429 g/mol. The van der Waals surface area contributed by atoms with Crippen LogP contribution >= 0.6 is 11.8 Å². The topological polar surface area (TPSA) is 164 Å². The number of hydrogen-bond donors (Lipinski definition) is 5. The van der Waals surface area contributed by atoms with E-state index in [4.69, 9.17) is 16.0 Å². The third-order valence-corrected chi connectivity index (χ3v) is 6.89. The summed E-state index contributed by atoms with van der Waals surface area (Å²) < 4.78 is 0. The Morgan fingerprint density at radius 3 is 2.62 bits per heavy atom. The molecule has 4 atom stereocenters. The normalized spacial score (nSPS) is 27.2. The van der Waals surface area contributed by atoms with Gasteiger partial charge in [0.1, 0.15) is 6.10 Å². The highest BCUT2D eigenvalue weighted by Crippen LogP contribution is 2.50. The molecule has 0 aromatic rings. The van der Waals surface area contributed by atoms with Crippen LogP contribution in [0.3, 0.4) is 0 Å². The molecule has 29 heavy (non-hydrogen) atoms. The maximum atomic E-state index is 11.8. The minimum atomic E-state index is -1.13. The van der Waals surface area contributed by atoms with Gasteiger partial charge in [-0.05, 0) is 6.92 Å². The van der Waals surface area contributed by atoms with E-state index < -0.39 is 36.2 Å². The molecular weight excluding hydrogens is 402 g/mol. The number of carboxylic acid groups (broad SMARTS) is 1. The molecule has 162 valence electrons. The summed E-state index contributed by atoms with van der Waals surface area (Å²) in [5.41, 5.74) is 5.19. The highest BCUT2D eigenvalue weighted by molar-refractivity contribution is 8.03. The number of carbonyl (C=O) groups is 2. The second-order valence-electron chi connectivity index (χ2n) is 7.54. The van der Waals surface area contributed by atoms with Gasteiger partial charge in [0.25, 0.3) is 0 Å². The van der Waals surface area contributed by atoms with Gasteiger partial charge in [-0.25, -0.2) is 14.7 Å². The van der Waals surface area contributed by atoms with E-state index in [1.807, 2.05) is 4.90 Å². The van der Waals surface area contributed by atoms with Crippen LogP contribution in [0.25, 0.3) is 0 Å². The molecule has 0 aliphatic carbocycles. The highest BCUT2D eigenvalue weighted by atomic mass is 32.2. The van der Waals surface area contributed by atoms with Crippen LogP contribution in [-0.4, -0.2) is 105 Å². The number of urea groups is 1. The number of fused-ring (bicyclic) bond motifs is 1. The number of aliphatic carboxylic acids is 1. The molecule has 0 bridgehead atoms. The first kappa shape index (κ1) is 21.7. The number of thioether (sulfide) groups is 1. The van der Waals surface area contributed by atoms with Crippen LogP contribution in [0.1, 0.15) is 13.3 Å². The van der Waals surface area contributed by atoms with Gasteiger partial charge in [-0.2, -0.15) is 0 Å². The molecule has 3 aliphatic heterocycles. The highest BCUT2D eigenvalue weighted by Gasteiger charge is 2.57. The van der Waals surface area contributed by atoms with E-state index >= 15 is 0 Å². The summed E-state index contributed by atoms with van der Waals surface area (Å²) in [4.78, 5) is 32.0. The number of hydrogen-bond acceptors (Lipinski definition) is 8. The Morgan fingerprint density at radius 1 is 1.45 bits per heavy atom. The summed E-state index contributed by atoms with van der Waals surface area (Å²) in [7, 11) is 1.58. The zero-order chi connectivity index (χ0) is 21.5. The summed E-state index contributed by atoms with van der Waals surface area (Å²) in [6.07, 6.45) is -0.936. The van der Waals surface area contributed by atoms with Crippen molar-refractivity contribution in [2.75, 3.05) is 33.3 Å². The van der Waals surface area contributed by atoms with Gasteiger partial charge in [0, 0.05) is 49.2 Å². The number of carboxylic acids is 1. The molecule has 3 rings (SSSR count). The van der Waals surface area contributed by atoms with Crippen molar-refractivity contribution in [1.82, 2.24) is 14.9 Å². The second kappa shape index (κ2) is 8.38. The van der Waals surface area contributed by atoms with E-state index in [1.54, 1.807) is 14.0 Å². The summed E-state index contributed by atoms with van der Waals surface area (Å²) in [6, 6.07) is -0.936. The number of amidine groups is 1. The van der Waals surface area contributed by atoms with Gasteiger partial charge in [-0.15, -0.1) is 11.8 Å². The molecule has 11 nitrogen and oxygen atoms in total. The predicted molar refractivity (Wildman–Crippen MR) is 105 cm³/mol. The van der Waals surface area contributed by atoms with E-state index in [-0.39, 0.29) is 17.6 Å². The van der Waals surface area contributed by atoms with Crippen molar-refractivity contribution in [2.45, 2.75) is 36.8 Å². The van der Waals surface area contributed by atoms with E-state index in [1.165, 1.54) is 21.7 Å². The minimum Gasteiger partial charge on any atom is -0.476 e. The smallest absolute Gasteiger partial charge is 0.355 e. The van der Waals surface area contributed by atoms with Crippen molar-refractivity contribution >= 4 is 29.6 Å². The lowest BCUT2D eigenvalue weighted by molar-refractivity contribution is -0.337. The zero-order valence-corrected chi connectivity index (χ0v) is 17.1. The van der Waals surface area contributed by atoms with Gasteiger partial charge in [0.2, 0.25) is 0 Å². The first-order valence-corrected chi connectivity index (χ1v) is 10.3. The number of primary amides is 1. The summed E-state index contributed by atoms with van der Waals surface area (Å²) in [6.45, 7) is 2.84. The van der Waals surface area contributed by atoms with Crippen LogP contribution < -0.4 is 5.73 Å². The molecule has 6 N–H and O–H groups in total. The van der Waals surface area contributed by atoms with Crippen LogP contribution in [0.15, 0.2) is 10.6 Å². The molecule has 2 saturated heterocycles. The fraction of sp³-hybridized carbons (Fsp3) is 0.706. The summed E-state index contributed by atoms with van der Waals surface area (Å²) in [5.74, 6) is -1.16. The van der Waals surface area contributed by atoms with Crippen molar-refractivity contribution in [3.8, 4) is 0 Å². The summed E-state index contributed by atoms with van der Waals surface area (Å²) in [5, 5.41) is 38.8. The molecule has 0 aromatic carbocycles. The van der Waals surface area contributed by atoms with Crippen molar-refractivity contribution in [2.24, 2.45) is 11.7 Å². The number of likely N-dealkylation sites (tertiary alicyclic amines) is 1. The fourth-order valence-corrected chi connectivity index (χ4v) is 5.28. The molecule has 3 heterocycles. The van der Waals surface area contributed by atoms with Crippen LogP contribution in [0.4, 0.5) is 4.79 Å². The number of rotatable bonds is 8. The number of nitrogens with two attached hydrogens (primary N) is 1. The van der Waals surface area contributed by atoms with Gasteiger partial charge in [0.15, 0.2) is 5.70 Å². The van der Waals surface area contributed by atoms with Crippen molar-refractivity contribution < 1.29 is 29.7 Å². The second-order valence-corrected chi connectivity index (χ2v) is 8.88. The zero-order valence-electron chi connectivity index (χ0n) is 16.3. The molecular formula is C17H27N5O6S. The van der Waals surface area contributed by atoms with Gasteiger partial charge in [-0.3, -0.25) is 10.2 Å². The van der Waals surface area contributed by atoms with Gasteiger partial charge in [0.05, 0.1) is 24.6 Å². The third kappa shape index (κ3) is 4.02. The molecule has 2 fully saturated rings. The molecule has 0 aromatic heterocycles. The number of amides is 2. The molecule has 0 saturated carbocycles. The lowest BCUT2D eigenvalue weighted by Crippen LogP contribution is -2.62. The molecule has 0 spiro atoms. The Balaban J connectivity index is 1.59. The van der Waals surface area contributed by atoms with Gasteiger partial charge >= 0.3 is 12.0 Å². The molecule has 3 aliphatic rings. The van der Waals surface area contributed by atoms with Crippen molar-refractivity contribution in [3.05, 3.63) is 10.6 Å². The van der Waals surface area contributed by atoms with Crippen LogP contribution in [0.5, 0.6) is 0 Å². The molecule has 2 amide bonds. The fourth-order valence-electron chi connectivity index (χ4n) is 3.73. The molecule has 0 unspecified atom stereocenters. The average Bonchev–Trinajstić information content (AvgIpc) is 2.82. The number of aliphatic hydroxyl groups is 2. The Bertz CT molecular complexity index is 725. The number of nitrogens with one attached hydrogen (secondary N) is 1. The largest absolute Gasteiger partial charge is 0.476 e. The number of carbonyl (C=O) groups excluding carboxylic acids is 1. The Kier molecular flexibility index (Phi) is 6.27. The van der Waals surface area contributed by atoms with Crippen LogP contribution in [0.2, 0.25) is 0 Å². The Hall–Kier alpha value is -2.02. The molecule has 0 radical (unpaired) electrons. The minimum absolute atomic E-state index is 0.0209. The van der Waals surface area contributed by atoms with Gasteiger partial charge < -0.3 is 30.9 Å². The standard InChI is InChI=1S/C17H27N5O6S/c1-8(24)14-12-10(7-23)15(13(16(25)26)22(12)28-14)29-9-5-21(6-9)11(18)3-4-20(2)17(19)27/h8-10,12,14,18,23-24H,3-7H2,1-2H3,(H2,19,27)(H,25,26)/t8-,10+,12+,14-/m1/s1. The maximum absolute atomic E-state index is 11.8. The monoisotopic (exact) mass is 429 g/mol. The van der Waals surface area contributed by atoms with Crippen LogP contribution in [0, 0.1) is 11.3 Å².